The lowest BCUT2D eigenvalue weighted by Gasteiger charge is -2.31. The Morgan fingerprint density at radius 2 is 2.44 bits per heavy atom. The minimum Gasteiger partial charge on any atom is -0.330 e. The van der Waals surface area contributed by atoms with Crippen molar-refractivity contribution in [3.63, 3.8) is 0 Å². The van der Waals surface area contributed by atoms with E-state index < -0.39 is 0 Å². The molecule has 0 bridgehead atoms. The summed E-state index contributed by atoms with van der Waals surface area (Å²) >= 11 is 5.48. The van der Waals surface area contributed by atoms with Crippen LogP contribution in [0, 0.1) is 12.8 Å². The van der Waals surface area contributed by atoms with Crippen molar-refractivity contribution in [3.05, 3.63) is 20.3 Å². The predicted octanol–water partition coefficient (Wildman–Crippen LogP) is 2.99. The van der Waals surface area contributed by atoms with Gasteiger partial charge in [0, 0.05) is 27.3 Å². The molecule has 0 radical (unpaired) electrons. The van der Waals surface area contributed by atoms with Crippen molar-refractivity contribution in [2.24, 2.45) is 11.7 Å². The van der Waals surface area contributed by atoms with Gasteiger partial charge in [0.15, 0.2) is 0 Å². The summed E-state index contributed by atoms with van der Waals surface area (Å²) in [5.41, 5.74) is 5.76. The zero-order valence-electron chi connectivity index (χ0n) is 9.71. The van der Waals surface area contributed by atoms with Gasteiger partial charge in [-0.25, -0.2) is 0 Å². The summed E-state index contributed by atoms with van der Waals surface area (Å²) in [5, 5.41) is 0. The molecule has 2 nitrogen and oxygen atoms in total. The summed E-state index contributed by atoms with van der Waals surface area (Å²) in [7, 11) is 0. The van der Waals surface area contributed by atoms with Gasteiger partial charge in [0.2, 0.25) is 0 Å². The van der Waals surface area contributed by atoms with Gasteiger partial charge in [0.05, 0.1) is 0 Å². The number of thiophene rings is 1. The highest BCUT2D eigenvalue weighted by molar-refractivity contribution is 9.10. The third kappa shape index (κ3) is 3.06. The van der Waals surface area contributed by atoms with Crippen LogP contribution in [0.25, 0.3) is 0 Å². The molecule has 1 aliphatic rings. The van der Waals surface area contributed by atoms with Crippen molar-refractivity contribution in [2.75, 3.05) is 19.6 Å². The number of halogens is 1. The van der Waals surface area contributed by atoms with Crippen LogP contribution in [-0.2, 0) is 6.54 Å². The number of likely N-dealkylation sites (tertiary alicyclic amines) is 1. The second kappa shape index (κ2) is 5.63. The molecule has 1 aliphatic heterocycles. The number of nitrogens with zero attached hydrogens (tertiary/aromatic N) is 1. The van der Waals surface area contributed by atoms with Gasteiger partial charge in [-0.15, -0.1) is 11.3 Å². The smallest absolute Gasteiger partial charge is 0.0328 e. The van der Waals surface area contributed by atoms with E-state index in [2.05, 4.69) is 33.8 Å². The summed E-state index contributed by atoms with van der Waals surface area (Å²) in [6.45, 7) is 6.49. The van der Waals surface area contributed by atoms with Crippen LogP contribution in [-0.4, -0.2) is 24.5 Å². The molecule has 4 heteroatoms. The van der Waals surface area contributed by atoms with Crippen LogP contribution < -0.4 is 5.73 Å². The van der Waals surface area contributed by atoms with Gasteiger partial charge in [0.1, 0.15) is 0 Å². The molecule has 0 aromatic carbocycles. The molecule has 1 fully saturated rings. The average molecular weight is 303 g/mol. The molecule has 0 spiro atoms. The van der Waals surface area contributed by atoms with E-state index in [1.54, 1.807) is 0 Å². The Kier molecular flexibility index (Phi) is 4.41. The Morgan fingerprint density at radius 1 is 1.62 bits per heavy atom. The topological polar surface area (TPSA) is 29.3 Å². The van der Waals surface area contributed by atoms with E-state index in [-0.39, 0.29) is 0 Å². The first kappa shape index (κ1) is 12.6. The number of rotatable bonds is 3. The van der Waals surface area contributed by atoms with Crippen LogP contribution in [0.1, 0.15) is 22.6 Å². The molecule has 0 amide bonds. The zero-order valence-corrected chi connectivity index (χ0v) is 12.1. The van der Waals surface area contributed by atoms with Crippen LogP contribution in [0.4, 0.5) is 0 Å². The van der Waals surface area contributed by atoms with Crippen LogP contribution in [0.3, 0.4) is 0 Å². The summed E-state index contributed by atoms with van der Waals surface area (Å²) in [4.78, 5) is 5.38. The molecule has 2 N–H and O–H groups in total. The van der Waals surface area contributed by atoms with Crippen LogP contribution in [0.15, 0.2) is 10.5 Å². The quantitative estimate of drug-likeness (QED) is 0.930. The molecule has 16 heavy (non-hydrogen) atoms. The zero-order chi connectivity index (χ0) is 11.5. The Morgan fingerprint density at radius 3 is 3.06 bits per heavy atom. The first-order chi connectivity index (χ1) is 7.69. The maximum absolute atomic E-state index is 5.76. The van der Waals surface area contributed by atoms with Crippen LogP contribution >= 0.6 is 27.3 Å². The Balaban J connectivity index is 1.93. The molecule has 1 aromatic rings. The van der Waals surface area contributed by atoms with Crippen LogP contribution in [0.2, 0.25) is 0 Å². The summed E-state index contributed by atoms with van der Waals surface area (Å²) in [6.07, 6.45) is 2.60. The van der Waals surface area contributed by atoms with E-state index in [1.165, 1.54) is 40.2 Å². The van der Waals surface area contributed by atoms with Crippen molar-refractivity contribution in [3.8, 4) is 0 Å². The fourth-order valence-electron chi connectivity index (χ4n) is 2.30. The van der Waals surface area contributed by atoms with Gasteiger partial charge in [-0.05, 0) is 60.8 Å². The molecule has 1 aromatic heterocycles. The lowest BCUT2D eigenvalue weighted by molar-refractivity contribution is 0.172. The molecular formula is C12H19BrN2S. The minimum atomic E-state index is 0.707. The maximum Gasteiger partial charge on any atom is 0.0328 e. The van der Waals surface area contributed by atoms with E-state index >= 15 is 0 Å². The van der Waals surface area contributed by atoms with E-state index in [9.17, 15) is 0 Å². The van der Waals surface area contributed by atoms with E-state index in [1.807, 2.05) is 11.3 Å². The minimum absolute atomic E-state index is 0.707. The molecule has 0 aliphatic carbocycles. The van der Waals surface area contributed by atoms with E-state index in [0.717, 1.165) is 13.1 Å². The molecule has 1 unspecified atom stereocenters. The van der Waals surface area contributed by atoms with Gasteiger partial charge in [-0.2, -0.15) is 0 Å². The highest BCUT2D eigenvalue weighted by Gasteiger charge is 2.19. The third-order valence-corrected chi connectivity index (χ3v) is 5.35. The Bertz CT molecular complexity index is 331. The monoisotopic (exact) mass is 302 g/mol. The number of nitrogens with two attached hydrogens (primary N) is 1. The second-order valence-corrected chi connectivity index (χ2v) is 6.79. The fourth-order valence-corrected chi connectivity index (χ4v) is 3.95. The number of hydrogen-bond acceptors (Lipinski definition) is 3. The van der Waals surface area contributed by atoms with Gasteiger partial charge in [0.25, 0.3) is 0 Å². The van der Waals surface area contributed by atoms with E-state index in [4.69, 9.17) is 5.73 Å². The van der Waals surface area contributed by atoms with Crippen molar-refractivity contribution >= 4 is 27.3 Å². The first-order valence-electron chi connectivity index (χ1n) is 5.86. The summed E-state index contributed by atoms with van der Waals surface area (Å²) < 4.78 is 1.25. The van der Waals surface area contributed by atoms with Crippen molar-refractivity contribution in [2.45, 2.75) is 26.3 Å². The second-order valence-electron chi connectivity index (χ2n) is 4.60. The third-order valence-electron chi connectivity index (χ3n) is 3.22. The highest BCUT2D eigenvalue weighted by atomic mass is 79.9. The van der Waals surface area contributed by atoms with Gasteiger partial charge >= 0.3 is 0 Å². The van der Waals surface area contributed by atoms with E-state index in [0.29, 0.717) is 5.92 Å². The Labute approximate surface area is 110 Å². The van der Waals surface area contributed by atoms with Crippen LogP contribution in [0.5, 0.6) is 0 Å². The molecule has 2 heterocycles. The molecular weight excluding hydrogens is 284 g/mol. The van der Waals surface area contributed by atoms with Crippen molar-refractivity contribution < 1.29 is 0 Å². The molecule has 90 valence electrons. The lowest BCUT2D eigenvalue weighted by Crippen LogP contribution is -2.37. The molecule has 0 saturated carbocycles. The number of piperidine rings is 1. The molecule has 2 rings (SSSR count). The normalized spacial score (nSPS) is 22.6. The highest BCUT2D eigenvalue weighted by Crippen LogP contribution is 2.28. The van der Waals surface area contributed by atoms with Crippen molar-refractivity contribution in [1.29, 1.82) is 0 Å². The maximum atomic E-state index is 5.76. The van der Waals surface area contributed by atoms with Gasteiger partial charge < -0.3 is 5.73 Å². The molecule has 1 saturated heterocycles. The van der Waals surface area contributed by atoms with Gasteiger partial charge in [-0.1, -0.05) is 0 Å². The summed E-state index contributed by atoms with van der Waals surface area (Å²) in [5.74, 6) is 0.707. The molecule has 1 atom stereocenters. The summed E-state index contributed by atoms with van der Waals surface area (Å²) in [6, 6.07) is 2.26. The SMILES string of the molecule is Cc1sc(CN2CCCC(CN)C2)cc1Br. The number of hydrogen-bond donors (Lipinski definition) is 1. The average Bonchev–Trinajstić information content (AvgIpc) is 2.58. The Hall–Kier alpha value is 0.100. The number of aryl methyl sites for hydroxylation is 1. The lowest BCUT2D eigenvalue weighted by atomic mass is 9.98. The predicted molar refractivity (Wildman–Crippen MR) is 73.8 cm³/mol. The fraction of sp³-hybridized carbons (Fsp3) is 0.667. The first-order valence-corrected chi connectivity index (χ1v) is 7.47. The van der Waals surface area contributed by atoms with Crippen molar-refractivity contribution in [1.82, 2.24) is 4.90 Å². The van der Waals surface area contributed by atoms with Gasteiger partial charge in [-0.3, -0.25) is 4.90 Å². The largest absolute Gasteiger partial charge is 0.330 e. The standard InChI is InChI=1S/C12H19BrN2S/c1-9-12(13)5-11(16-9)8-15-4-2-3-10(6-14)7-15/h5,10H,2-4,6-8,14H2,1H3.